The van der Waals surface area contributed by atoms with Gasteiger partial charge in [-0.15, -0.1) is 0 Å². The van der Waals surface area contributed by atoms with E-state index >= 15 is 0 Å². The first kappa shape index (κ1) is 21.6. The molecule has 8 nitrogen and oxygen atoms in total. The summed E-state index contributed by atoms with van der Waals surface area (Å²) in [7, 11) is 0. The number of anilines is 1. The first-order valence-electron chi connectivity index (χ1n) is 10.0. The molecule has 0 aliphatic carbocycles. The smallest absolute Gasteiger partial charge is 0.376 e. The van der Waals surface area contributed by atoms with Crippen LogP contribution in [0, 0.1) is 0 Å². The van der Waals surface area contributed by atoms with Crippen LogP contribution in [0.1, 0.15) is 51.0 Å². The second kappa shape index (κ2) is 8.84. The molecule has 3 aromatic rings. The zero-order valence-electron chi connectivity index (χ0n) is 17.1. The van der Waals surface area contributed by atoms with Crippen LogP contribution in [-0.2, 0) is 9.53 Å². The standard InChI is InChI=1S/C23H19ClN2O6/c1-2-31-23(30)20-19(16-12-13(24)9-10-17(16)32-20)25-18(27)8-5-11-26-21(28)14-6-3-4-7-15(14)22(26)29/h3-4,6-7,9-10,12H,2,5,8,11H2,1H3,(H,25,27). The molecule has 3 amide bonds. The van der Waals surface area contributed by atoms with Crippen LogP contribution in [0.2, 0.25) is 5.02 Å². The van der Waals surface area contributed by atoms with Gasteiger partial charge in [0.15, 0.2) is 0 Å². The van der Waals surface area contributed by atoms with Crippen LogP contribution in [-0.4, -0.2) is 41.7 Å². The van der Waals surface area contributed by atoms with E-state index in [0.29, 0.717) is 27.1 Å². The molecule has 1 aromatic heterocycles. The van der Waals surface area contributed by atoms with E-state index in [0.717, 1.165) is 4.90 Å². The lowest BCUT2D eigenvalue weighted by molar-refractivity contribution is -0.116. The normalized spacial score (nSPS) is 12.9. The second-order valence-electron chi connectivity index (χ2n) is 7.13. The van der Waals surface area contributed by atoms with Crippen LogP contribution in [0.5, 0.6) is 0 Å². The number of halogens is 1. The van der Waals surface area contributed by atoms with Crippen LogP contribution >= 0.6 is 11.6 Å². The third-order valence-electron chi connectivity index (χ3n) is 5.04. The number of benzene rings is 2. The van der Waals surface area contributed by atoms with E-state index in [2.05, 4.69) is 5.32 Å². The number of furan rings is 1. The Balaban J connectivity index is 1.45. The molecule has 2 aromatic carbocycles. The summed E-state index contributed by atoms with van der Waals surface area (Å²) in [6, 6.07) is 11.4. The number of ether oxygens (including phenoxy) is 1. The van der Waals surface area contributed by atoms with Gasteiger partial charge in [0.1, 0.15) is 11.3 Å². The van der Waals surface area contributed by atoms with Gasteiger partial charge in [-0.05, 0) is 43.7 Å². The van der Waals surface area contributed by atoms with Crippen molar-refractivity contribution in [1.29, 1.82) is 0 Å². The van der Waals surface area contributed by atoms with E-state index in [9.17, 15) is 19.2 Å². The highest BCUT2D eigenvalue weighted by atomic mass is 35.5. The summed E-state index contributed by atoms with van der Waals surface area (Å²) in [5.41, 5.74) is 1.27. The van der Waals surface area contributed by atoms with E-state index in [4.69, 9.17) is 20.8 Å². The summed E-state index contributed by atoms with van der Waals surface area (Å²) in [4.78, 5) is 50.9. The van der Waals surface area contributed by atoms with E-state index in [1.54, 1.807) is 49.4 Å². The third kappa shape index (κ3) is 3.97. The van der Waals surface area contributed by atoms with E-state index in [-0.39, 0.29) is 49.3 Å². The average Bonchev–Trinajstić information content (AvgIpc) is 3.24. The van der Waals surface area contributed by atoms with Gasteiger partial charge in [-0.2, -0.15) is 0 Å². The lowest BCUT2D eigenvalue weighted by atomic mass is 10.1. The fourth-order valence-electron chi connectivity index (χ4n) is 3.58. The van der Waals surface area contributed by atoms with Gasteiger partial charge in [0.25, 0.3) is 11.8 Å². The second-order valence-corrected chi connectivity index (χ2v) is 7.56. The lowest BCUT2D eigenvalue weighted by Crippen LogP contribution is -2.31. The molecule has 0 saturated heterocycles. The minimum atomic E-state index is -0.707. The molecule has 0 radical (unpaired) electrons. The highest BCUT2D eigenvalue weighted by Gasteiger charge is 2.34. The molecule has 0 spiro atoms. The summed E-state index contributed by atoms with van der Waals surface area (Å²) < 4.78 is 10.6. The van der Waals surface area contributed by atoms with Crippen LogP contribution in [0.15, 0.2) is 46.9 Å². The quantitative estimate of drug-likeness (QED) is 0.422. The zero-order chi connectivity index (χ0) is 22.8. The van der Waals surface area contributed by atoms with Gasteiger partial charge in [0, 0.05) is 23.4 Å². The predicted molar refractivity (Wildman–Crippen MR) is 117 cm³/mol. The molecule has 164 valence electrons. The minimum Gasteiger partial charge on any atom is -0.460 e. The largest absolute Gasteiger partial charge is 0.460 e. The number of nitrogens with one attached hydrogen (secondary N) is 1. The summed E-state index contributed by atoms with van der Waals surface area (Å²) in [6.07, 6.45) is 0.269. The molecule has 0 unspecified atom stereocenters. The SMILES string of the molecule is CCOC(=O)c1oc2ccc(Cl)cc2c1NC(=O)CCCN1C(=O)c2ccccc2C1=O. The van der Waals surface area contributed by atoms with Crippen molar-refractivity contribution in [1.82, 2.24) is 4.90 Å². The first-order chi connectivity index (χ1) is 15.4. The topological polar surface area (TPSA) is 106 Å². The highest BCUT2D eigenvalue weighted by Crippen LogP contribution is 2.33. The van der Waals surface area contributed by atoms with E-state index in [1.165, 1.54) is 0 Å². The van der Waals surface area contributed by atoms with Gasteiger partial charge in [0.05, 0.1) is 17.7 Å². The van der Waals surface area contributed by atoms with Crippen molar-refractivity contribution in [2.45, 2.75) is 19.8 Å². The Hall–Kier alpha value is -3.65. The number of esters is 1. The Bertz CT molecular complexity index is 1210. The molecule has 2 heterocycles. The van der Waals surface area contributed by atoms with Gasteiger partial charge in [0.2, 0.25) is 11.7 Å². The highest BCUT2D eigenvalue weighted by molar-refractivity contribution is 6.31. The summed E-state index contributed by atoms with van der Waals surface area (Å²) in [5, 5.41) is 3.56. The number of fused-ring (bicyclic) bond motifs is 2. The van der Waals surface area contributed by atoms with Crippen molar-refractivity contribution in [2.24, 2.45) is 0 Å². The van der Waals surface area contributed by atoms with Crippen LogP contribution in [0.25, 0.3) is 11.0 Å². The zero-order valence-corrected chi connectivity index (χ0v) is 17.9. The molecule has 9 heteroatoms. The summed E-state index contributed by atoms with van der Waals surface area (Å²) in [5.74, 6) is -1.98. The molecule has 1 aliphatic rings. The van der Waals surface area contributed by atoms with Crippen molar-refractivity contribution in [3.63, 3.8) is 0 Å². The Kier molecular flexibility index (Phi) is 5.96. The van der Waals surface area contributed by atoms with Gasteiger partial charge in [-0.3, -0.25) is 19.3 Å². The fourth-order valence-corrected chi connectivity index (χ4v) is 3.75. The summed E-state index contributed by atoms with van der Waals surface area (Å²) >= 11 is 6.06. The Labute approximate surface area is 188 Å². The minimum absolute atomic E-state index is 0.0168. The van der Waals surface area contributed by atoms with Crippen LogP contribution in [0.4, 0.5) is 5.69 Å². The van der Waals surface area contributed by atoms with Crippen molar-refractivity contribution in [3.05, 3.63) is 64.4 Å². The molecule has 0 fully saturated rings. The maximum absolute atomic E-state index is 12.6. The van der Waals surface area contributed by atoms with Crippen molar-refractivity contribution >= 4 is 51.9 Å². The molecule has 1 N–H and O–H groups in total. The van der Waals surface area contributed by atoms with Gasteiger partial charge in [-0.1, -0.05) is 23.7 Å². The lowest BCUT2D eigenvalue weighted by Gasteiger charge is -2.13. The molecule has 1 aliphatic heterocycles. The number of hydrogen-bond donors (Lipinski definition) is 1. The predicted octanol–water partition coefficient (Wildman–Crippen LogP) is 4.28. The molecular weight excluding hydrogens is 436 g/mol. The molecule has 32 heavy (non-hydrogen) atoms. The average molecular weight is 455 g/mol. The number of hydrogen-bond acceptors (Lipinski definition) is 6. The number of rotatable bonds is 7. The van der Waals surface area contributed by atoms with Gasteiger partial charge >= 0.3 is 5.97 Å². The number of nitrogens with zero attached hydrogens (tertiary/aromatic N) is 1. The molecule has 0 saturated carbocycles. The monoisotopic (exact) mass is 454 g/mol. The number of carbonyl (C=O) groups excluding carboxylic acids is 4. The van der Waals surface area contributed by atoms with Crippen molar-refractivity contribution in [3.8, 4) is 0 Å². The van der Waals surface area contributed by atoms with Crippen LogP contribution in [0.3, 0.4) is 0 Å². The maximum Gasteiger partial charge on any atom is 0.376 e. The molecule has 0 bridgehead atoms. The Morgan fingerprint density at radius 3 is 2.44 bits per heavy atom. The van der Waals surface area contributed by atoms with Crippen LogP contribution < -0.4 is 5.32 Å². The maximum atomic E-state index is 12.6. The Morgan fingerprint density at radius 1 is 1.09 bits per heavy atom. The van der Waals surface area contributed by atoms with Gasteiger partial charge in [-0.25, -0.2) is 4.79 Å². The molecular formula is C23H19ClN2O6. The number of carbonyl (C=O) groups is 4. The number of imide groups is 1. The van der Waals surface area contributed by atoms with E-state index in [1.807, 2.05) is 0 Å². The third-order valence-corrected chi connectivity index (χ3v) is 5.27. The van der Waals surface area contributed by atoms with Crippen molar-refractivity contribution < 1.29 is 28.3 Å². The summed E-state index contributed by atoms with van der Waals surface area (Å²) in [6.45, 7) is 1.90. The first-order valence-corrected chi connectivity index (χ1v) is 10.4. The van der Waals surface area contributed by atoms with Crippen molar-refractivity contribution in [2.75, 3.05) is 18.5 Å². The molecule has 0 atom stereocenters. The van der Waals surface area contributed by atoms with E-state index < -0.39 is 11.9 Å². The molecule has 4 rings (SSSR count). The number of amides is 3. The van der Waals surface area contributed by atoms with Gasteiger partial charge < -0.3 is 14.5 Å². The Morgan fingerprint density at radius 2 is 1.78 bits per heavy atom. The fraction of sp³-hybridized carbons (Fsp3) is 0.217.